The molecule has 1 fully saturated rings. The minimum absolute atomic E-state index is 0.0909. The molecular formula is C17H25N3O4S. The highest BCUT2D eigenvalue weighted by molar-refractivity contribution is 7.08. The third kappa shape index (κ3) is 6.47. The molecule has 0 atom stereocenters. The number of hydrogen-bond donors (Lipinski definition) is 1. The van der Waals surface area contributed by atoms with E-state index in [2.05, 4.69) is 10.2 Å². The van der Waals surface area contributed by atoms with Gasteiger partial charge in [-0.1, -0.05) is 0 Å². The maximum Gasteiger partial charge on any atom is 0.306 e. The second-order valence-electron chi connectivity index (χ2n) is 5.80. The average molecular weight is 367 g/mol. The first kappa shape index (κ1) is 19.4. The zero-order chi connectivity index (χ0) is 18.1. The van der Waals surface area contributed by atoms with Gasteiger partial charge in [0, 0.05) is 51.1 Å². The summed E-state index contributed by atoms with van der Waals surface area (Å²) in [5, 5.41) is 6.60. The Balaban J connectivity index is 1.58. The van der Waals surface area contributed by atoms with Gasteiger partial charge in [-0.15, -0.1) is 0 Å². The topological polar surface area (TPSA) is 79.0 Å². The number of esters is 1. The number of ether oxygens (including phenoxy) is 1. The second-order valence-corrected chi connectivity index (χ2v) is 6.58. The van der Waals surface area contributed by atoms with Crippen molar-refractivity contribution in [2.24, 2.45) is 0 Å². The fourth-order valence-electron chi connectivity index (χ4n) is 2.63. The lowest BCUT2D eigenvalue weighted by Gasteiger charge is -2.34. The predicted octanol–water partition coefficient (Wildman–Crippen LogP) is 0.965. The van der Waals surface area contributed by atoms with Crippen LogP contribution in [0.25, 0.3) is 0 Å². The van der Waals surface area contributed by atoms with E-state index < -0.39 is 0 Å². The van der Waals surface area contributed by atoms with Crippen molar-refractivity contribution in [1.82, 2.24) is 15.1 Å². The molecule has 0 bridgehead atoms. The molecule has 1 N–H and O–H groups in total. The lowest BCUT2D eigenvalue weighted by atomic mass is 10.2. The average Bonchev–Trinajstić information content (AvgIpc) is 3.15. The summed E-state index contributed by atoms with van der Waals surface area (Å²) in [5.74, 6) is -0.392. The summed E-state index contributed by atoms with van der Waals surface area (Å²) >= 11 is 1.53. The Morgan fingerprint density at radius 1 is 1.20 bits per heavy atom. The SMILES string of the molecule is CCOC(=O)CCC(=O)NCCN1CCN(C(=O)c2ccsc2)CC1. The molecule has 0 unspecified atom stereocenters. The van der Waals surface area contributed by atoms with E-state index >= 15 is 0 Å². The van der Waals surface area contributed by atoms with Crippen LogP contribution in [-0.2, 0) is 14.3 Å². The first-order valence-corrected chi connectivity index (χ1v) is 9.50. The van der Waals surface area contributed by atoms with Gasteiger partial charge in [-0.3, -0.25) is 19.3 Å². The third-order valence-electron chi connectivity index (χ3n) is 4.04. The monoisotopic (exact) mass is 367 g/mol. The van der Waals surface area contributed by atoms with Gasteiger partial charge in [0.05, 0.1) is 18.6 Å². The first-order chi connectivity index (χ1) is 12.1. The molecular weight excluding hydrogens is 342 g/mol. The molecule has 7 nitrogen and oxygen atoms in total. The standard InChI is InChI=1S/C17H25N3O4S/c1-2-24-16(22)4-3-15(21)18-6-7-19-8-10-20(11-9-19)17(23)14-5-12-25-13-14/h5,12-13H,2-4,6-11H2,1H3,(H,18,21). The van der Waals surface area contributed by atoms with Gasteiger partial charge in [-0.2, -0.15) is 11.3 Å². The van der Waals surface area contributed by atoms with Gasteiger partial charge in [-0.25, -0.2) is 0 Å². The van der Waals surface area contributed by atoms with Crippen LogP contribution in [-0.4, -0.2) is 73.5 Å². The van der Waals surface area contributed by atoms with Crippen molar-refractivity contribution in [2.75, 3.05) is 45.9 Å². The van der Waals surface area contributed by atoms with E-state index in [0.29, 0.717) is 26.2 Å². The number of thiophene rings is 1. The van der Waals surface area contributed by atoms with Crippen LogP contribution in [0.3, 0.4) is 0 Å². The van der Waals surface area contributed by atoms with Crippen molar-refractivity contribution >= 4 is 29.1 Å². The molecule has 8 heteroatoms. The van der Waals surface area contributed by atoms with Gasteiger partial charge in [0.15, 0.2) is 0 Å². The number of hydrogen-bond acceptors (Lipinski definition) is 6. The second kappa shape index (κ2) is 10.1. The van der Waals surface area contributed by atoms with Crippen molar-refractivity contribution in [3.63, 3.8) is 0 Å². The molecule has 1 aliphatic heterocycles. The van der Waals surface area contributed by atoms with E-state index in [1.165, 1.54) is 11.3 Å². The van der Waals surface area contributed by atoms with Crippen molar-refractivity contribution in [3.8, 4) is 0 Å². The zero-order valence-electron chi connectivity index (χ0n) is 14.5. The molecule has 0 saturated carbocycles. The maximum atomic E-state index is 12.3. The van der Waals surface area contributed by atoms with Gasteiger partial charge in [-0.05, 0) is 18.4 Å². The van der Waals surface area contributed by atoms with Gasteiger partial charge >= 0.3 is 5.97 Å². The number of rotatable bonds is 8. The predicted molar refractivity (Wildman–Crippen MR) is 95.5 cm³/mol. The fraction of sp³-hybridized carbons (Fsp3) is 0.588. The highest BCUT2D eigenvalue weighted by atomic mass is 32.1. The lowest BCUT2D eigenvalue weighted by molar-refractivity contribution is -0.144. The summed E-state index contributed by atoms with van der Waals surface area (Å²) < 4.78 is 4.79. The molecule has 0 spiro atoms. The van der Waals surface area contributed by atoms with Crippen LogP contribution in [0.15, 0.2) is 16.8 Å². The number of nitrogens with zero attached hydrogens (tertiary/aromatic N) is 2. The minimum atomic E-state index is -0.343. The third-order valence-corrected chi connectivity index (χ3v) is 4.72. The Bertz CT molecular complexity index is 568. The number of piperazine rings is 1. The Kier molecular flexibility index (Phi) is 7.87. The van der Waals surface area contributed by atoms with E-state index in [4.69, 9.17) is 4.74 Å². The van der Waals surface area contributed by atoms with Crippen LogP contribution in [0.5, 0.6) is 0 Å². The smallest absolute Gasteiger partial charge is 0.306 e. The molecule has 1 aliphatic rings. The number of carbonyl (C=O) groups excluding carboxylic acids is 3. The summed E-state index contributed by atoms with van der Waals surface area (Å²) in [4.78, 5) is 39.2. The van der Waals surface area contributed by atoms with Crippen LogP contribution < -0.4 is 5.32 Å². The minimum Gasteiger partial charge on any atom is -0.466 e. The summed E-state index contributed by atoms with van der Waals surface area (Å²) in [6.07, 6.45) is 0.269. The van der Waals surface area contributed by atoms with Crippen LogP contribution >= 0.6 is 11.3 Å². The summed E-state index contributed by atoms with van der Waals surface area (Å²) in [6.45, 7) is 6.36. The molecule has 2 amide bonds. The summed E-state index contributed by atoms with van der Waals surface area (Å²) in [5.41, 5.74) is 0.757. The first-order valence-electron chi connectivity index (χ1n) is 8.56. The van der Waals surface area contributed by atoms with Gasteiger partial charge < -0.3 is 15.0 Å². The molecule has 2 heterocycles. The zero-order valence-corrected chi connectivity index (χ0v) is 15.3. The van der Waals surface area contributed by atoms with Crippen molar-refractivity contribution < 1.29 is 19.1 Å². The molecule has 1 aromatic rings. The molecule has 2 rings (SSSR count). The Hall–Kier alpha value is -1.93. The maximum absolute atomic E-state index is 12.3. The Morgan fingerprint density at radius 3 is 2.60 bits per heavy atom. The van der Waals surface area contributed by atoms with Gasteiger partial charge in [0.1, 0.15) is 0 Å². The van der Waals surface area contributed by atoms with E-state index in [9.17, 15) is 14.4 Å². The highest BCUT2D eigenvalue weighted by Crippen LogP contribution is 2.11. The van der Waals surface area contributed by atoms with Crippen LogP contribution in [0.2, 0.25) is 0 Å². The van der Waals surface area contributed by atoms with Crippen molar-refractivity contribution in [3.05, 3.63) is 22.4 Å². The summed E-state index contributed by atoms with van der Waals surface area (Å²) in [7, 11) is 0. The number of amides is 2. The molecule has 138 valence electrons. The summed E-state index contributed by atoms with van der Waals surface area (Å²) in [6, 6.07) is 1.85. The molecule has 0 aliphatic carbocycles. The number of nitrogens with one attached hydrogen (secondary N) is 1. The van der Waals surface area contributed by atoms with Crippen LogP contribution in [0.4, 0.5) is 0 Å². The van der Waals surface area contributed by atoms with Crippen LogP contribution in [0, 0.1) is 0 Å². The lowest BCUT2D eigenvalue weighted by Crippen LogP contribution is -2.50. The van der Waals surface area contributed by atoms with E-state index in [0.717, 1.165) is 25.2 Å². The fourth-order valence-corrected chi connectivity index (χ4v) is 3.26. The molecule has 25 heavy (non-hydrogen) atoms. The van der Waals surface area contributed by atoms with Gasteiger partial charge in [0.2, 0.25) is 5.91 Å². The van der Waals surface area contributed by atoms with Crippen molar-refractivity contribution in [2.45, 2.75) is 19.8 Å². The van der Waals surface area contributed by atoms with Crippen molar-refractivity contribution in [1.29, 1.82) is 0 Å². The normalized spacial score (nSPS) is 15.0. The van der Waals surface area contributed by atoms with Gasteiger partial charge in [0.25, 0.3) is 5.91 Å². The molecule has 0 aromatic carbocycles. The number of carbonyl (C=O) groups is 3. The molecule has 0 radical (unpaired) electrons. The molecule has 1 aromatic heterocycles. The van der Waals surface area contributed by atoms with E-state index in [-0.39, 0.29) is 30.6 Å². The molecule has 1 saturated heterocycles. The van der Waals surface area contributed by atoms with E-state index in [1.54, 1.807) is 6.92 Å². The highest BCUT2D eigenvalue weighted by Gasteiger charge is 2.22. The quantitative estimate of drug-likeness (QED) is 0.693. The Morgan fingerprint density at radius 2 is 1.96 bits per heavy atom. The largest absolute Gasteiger partial charge is 0.466 e. The van der Waals surface area contributed by atoms with Crippen LogP contribution in [0.1, 0.15) is 30.1 Å². The Labute approximate surface area is 151 Å². The van der Waals surface area contributed by atoms with E-state index in [1.807, 2.05) is 21.7 Å².